The maximum Gasteiger partial charge on any atom is 0.250 e. The average Bonchev–Trinajstić information content (AvgIpc) is 2.93. The molecule has 0 amide bonds. The van der Waals surface area contributed by atoms with Crippen molar-refractivity contribution in [1.82, 2.24) is 19.7 Å². The molecule has 1 aromatic carbocycles. The standard InChI is InChI=1S/C14H10N4O/c19-10-12-9-18(14-15-7-4-8-16-14)17-13(12)11-5-2-1-3-6-11/h1-10H. The van der Waals surface area contributed by atoms with Crippen molar-refractivity contribution in [2.45, 2.75) is 0 Å². The highest BCUT2D eigenvalue weighted by molar-refractivity contribution is 5.85. The predicted molar refractivity (Wildman–Crippen MR) is 70.0 cm³/mol. The first-order chi connectivity index (χ1) is 9.38. The van der Waals surface area contributed by atoms with Gasteiger partial charge < -0.3 is 0 Å². The van der Waals surface area contributed by atoms with Gasteiger partial charge in [0.05, 0.1) is 5.56 Å². The molecule has 0 unspecified atom stereocenters. The molecule has 19 heavy (non-hydrogen) atoms. The summed E-state index contributed by atoms with van der Waals surface area (Å²) in [6, 6.07) is 11.3. The molecule has 0 N–H and O–H groups in total. The highest BCUT2D eigenvalue weighted by atomic mass is 16.1. The largest absolute Gasteiger partial charge is 0.298 e. The molecule has 0 bridgehead atoms. The fourth-order valence-electron chi connectivity index (χ4n) is 1.81. The lowest BCUT2D eigenvalue weighted by molar-refractivity contribution is 0.112. The van der Waals surface area contributed by atoms with Crippen LogP contribution in [0, 0.1) is 0 Å². The van der Waals surface area contributed by atoms with Gasteiger partial charge in [-0.3, -0.25) is 4.79 Å². The molecule has 0 spiro atoms. The molecule has 0 saturated carbocycles. The second kappa shape index (κ2) is 4.81. The van der Waals surface area contributed by atoms with Gasteiger partial charge in [-0.2, -0.15) is 5.10 Å². The van der Waals surface area contributed by atoms with Crippen LogP contribution in [0.5, 0.6) is 0 Å². The first-order valence-electron chi connectivity index (χ1n) is 5.76. The third-order valence-corrected chi connectivity index (χ3v) is 2.67. The monoisotopic (exact) mass is 250 g/mol. The maximum atomic E-state index is 11.2. The van der Waals surface area contributed by atoms with Crippen LogP contribution in [-0.4, -0.2) is 26.0 Å². The summed E-state index contributed by atoms with van der Waals surface area (Å²) in [7, 11) is 0. The smallest absolute Gasteiger partial charge is 0.250 e. The van der Waals surface area contributed by atoms with Gasteiger partial charge in [0, 0.05) is 24.2 Å². The highest BCUT2D eigenvalue weighted by Gasteiger charge is 2.12. The number of carbonyl (C=O) groups is 1. The van der Waals surface area contributed by atoms with Gasteiger partial charge in [-0.25, -0.2) is 14.6 Å². The van der Waals surface area contributed by atoms with Crippen molar-refractivity contribution in [3.05, 3.63) is 60.6 Å². The number of hydrogen-bond acceptors (Lipinski definition) is 4. The third-order valence-electron chi connectivity index (χ3n) is 2.67. The lowest BCUT2D eigenvalue weighted by Crippen LogP contribution is -2.00. The summed E-state index contributed by atoms with van der Waals surface area (Å²) >= 11 is 0. The number of carbonyl (C=O) groups excluding carboxylic acids is 1. The molecular formula is C14H10N4O. The van der Waals surface area contributed by atoms with E-state index in [1.807, 2.05) is 30.3 Å². The van der Waals surface area contributed by atoms with Gasteiger partial charge in [-0.1, -0.05) is 30.3 Å². The minimum Gasteiger partial charge on any atom is -0.298 e. The Morgan fingerprint density at radius 2 is 1.74 bits per heavy atom. The molecule has 3 aromatic rings. The molecule has 0 fully saturated rings. The number of aldehydes is 1. The number of aromatic nitrogens is 4. The molecule has 92 valence electrons. The van der Waals surface area contributed by atoms with Crippen molar-refractivity contribution in [2.75, 3.05) is 0 Å². The van der Waals surface area contributed by atoms with Crippen molar-refractivity contribution >= 4 is 6.29 Å². The predicted octanol–water partition coefficient (Wildman–Crippen LogP) is 2.14. The SMILES string of the molecule is O=Cc1cn(-c2ncccn2)nc1-c1ccccc1. The summed E-state index contributed by atoms with van der Waals surface area (Å²) in [5.74, 6) is 0.438. The molecule has 0 aliphatic carbocycles. The molecule has 0 radical (unpaired) electrons. The molecule has 0 atom stereocenters. The Kier molecular flexibility index (Phi) is 2.86. The van der Waals surface area contributed by atoms with Crippen LogP contribution < -0.4 is 0 Å². The lowest BCUT2D eigenvalue weighted by atomic mass is 10.1. The van der Waals surface area contributed by atoms with Crippen molar-refractivity contribution in [2.24, 2.45) is 0 Å². The van der Waals surface area contributed by atoms with Gasteiger partial charge >= 0.3 is 0 Å². The summed E-state index contributed by atoms with van der Waals surface area (Å²) in [5.41, 5.74) is 2.03. The number of benzene rings is 1. The Morgan fingerprint density at radius 1 is 1.00 bits per heavy atom. The minimum absolute atomic E-state index is 0.438. The van der Waals surface area contributed by atoms with Crippen molar-refractivity contribution < 1.29 is 4.79 Å². The van der Waals surface area contributed by atoms with Crippen LogP contribution >= 0.6 is 0 Å². The maximum absolute atomic E-state index is 11.2. The van der Waals surface area contributed by atoms with Crippen LogP contribution in [-0.2, 0) is 0 Å². The van der Waals surface area contributed by atoms with Crippen LogP contribution in [0.25, 0.3) is 17.2 Å². The number of hydrogen-bond donors (Lipinski definition) is 0. The van der Waals surface area contributed by atoms with E-state index in [0.717, 1.165) is 11.8 Å². The van der Waals surface area contributed by atoms with E-state index in [2.05, 4.69) is 15.1 Å². The summed E-state index contributed by atoms with van der Waals surface area (Å²) in [6.45, 7) is 0. The van der Waals surface area contributed by atoms with Crippen LogP contribution in [0.15, 0.2) is 55.0 Å². The van der Waals surface area contributed by atoms with Gasteiger partial charge in [0.15, 0.2) is 6.29 Å². The topological polar surface area (TPSA) is 60.7 Å². The highest BCUT2D eigenvalue weighted by Crippen LogP contribution is 2.21. The van der Waals surface area contributed by atoms with Gasteiger partial charge in [0.25, 0.3) is 0 Å². The third kappa shape index (κ3) is 2.13. The molecule has 0 saturated heterocycles. The molecule has 0 aliphatic heterocycles. The van der Waals surface area contributed by atoms with Gasteiger partial charge in [-0.15, -0.1) is 0 Å². The van der Waals surface area contributed by atoms with Gasteiger partial charge in [0.2, 0.25) is 5.95 Å². The van der Waals surface area contributed by atoms with E-state index < -0.39 is 0 Å². The van der Waals surface area contributed by atoms with E-state index in [9.17, 15) is 4.79 Å². The van der Waals surface area contributed by atoms with Crippen molar-refractivity contribution in [1.29, 1.82) is 0 Å². The van der Waals surface area contributed by atoms with Gasteiger partial charge in [-0.05, 0) is 6.07 Å². The molecule has 2 aromatic heterocycles. The summed E-state index contributed by atoms with van der Waals surface area (Å²) in [5, 5.41) is 4.38. The van der Waals surface area contributed by atoms with Crippen molar-refractivity contribution in [3.63, 3.8) is 0 Å². The zero-order chi connectivity index (χ0) is 13.1. The van der Waals surface area contributed by atoms with Crippen LogP contribution in [0.1, 0.15) is 10.4 Å². The fraction of sp³-hybridized carbons (Fsp3) is 0. The van der Waals surface area contributed by atoms with Crippen LogP contribution in [0.2, 0.25) is 0 Å². The second-order valence-corrected chi connectivity index (χ2v) is 3.91. The average molecular weight is 250 g/mol. The molecule has 2 heterocycles. The Bertz CT molecular complexity index is 692. The number of nitrogens with zero attached hydrogens (tertiary/aromatic N) is 4. The first kappa shape index (κ1) is 11.3. The zero-order valence-corrected chi connectivity index (χ0v) is 9.97. The Morgan fingerprint density at radius 3 is 2.42 bits per heavy atom. The van der Waals surface area contributed by atoms with Gasteiger partial charge in [0.1, 0.15) is 5.69 Å². The summed E-state index contributed by atoms with van der Waals surface area (Å²) < 4.78 is 1.51. The number of rotatable bonds is 3. The first-order valence-corrected chi connectivity index (χ1v) is 5.76. The van der Waals surface area contributed by atoms with Crippen LogP contribution in [0.4, 0.5) is 0 Å². The minimum atomic E-state index is 0.438. The quantitative estimate of drug-likeness (QED) is 0.668. The van der Waals surface area contributed by atoms with E-state index in [1.165, 1.54) is 4.68 Å². The Balaban J connectivity index is 2.12. The zero-order valence-electron chi connectivity index (χ0n) is 9.97. The summed E-state index contributed by atoms with van der Waals surface area (Å²) in [6.07, 6.45) is 5.68. The Labute approximate surface area is 109 Å². The summed E-state index contributed by atoms with van der Waals surface area (Å²) in [4.78, 5) is 19.4. The molecule has 3 rings (SSSR count). The normalized spacial score (nSPS) is 10.3. The fourth-order valence-corrected chi connectivity index (χ4v) is 1.81. The van der Waals surface area contributed by atoms with E-state index in [0.29, 0.717) is 17.2 Å². The van der Waals surface area contributed by atoms with E-state index >= 15 is 0 Å². The van der Waals surface area contributed by atoms with Crippen LogP contribution in [0.3, 0.4) is 0 Å². The molecule has 5 nitrogen and oxygen atoms in total. The second-order valence-electron chi connectivity index (χ2n) is 3.91. The Hall–Kier alpha value is -2.82. The van der Waals surface area contributed by atoms with E-state index in [4.69, 9.17) is 0 Å². The van der Waals surface area contributed by atoms with E-state index in [-0.39, 0.29) is 0 Å². The molecule has 5 heteroatoms. The molecular weight excluding hydrogens is 240 g/mol. The molecule has 0 aliphatic rings. The van der Waals surface area contributed by atoms with Crippen molar-refractivity contribution in [3.8, 4) is 17.2 Å². The van der Waals surface area contributed by atoms with E-state index in [1.54, 1.807) is 24.7 Å². The lowest BCUT2D eigenvalue weighted by Gasteiger charge is -1.98.